The molecule has 0 amide bonds. The van der Waals surface area contributed by atoms with Crippen molar-refractivity contribution in [2.75, 3.05) is 19.8 Å². The average molecular weight is 283 g/mol. The van der Waals surface area contributed by atoms with Crippen LogP contribution in [0.5, 0.6) is 0 Å². The summed E-state index contributed by atoms with van der Waals surface area (Å²) in [5, 5.41) is 3.61. The van der Waals surface area contributed by atoms with Crippen LogP contribution >= 0.6 is 0 Å². The van der Waals surface area contributed by atoms with E-state index in [0.717, 1.165) is 45.3 Å². The molecular formula is C16H29NO3. The predicted octanol–water partition coefficient (Wildman–Crippen LogP) is 2.66. The molecule has 0 aromatic carbocycles. The Kier molecular flexibility index (Phi) is 5.85. The molecule has 2 aliphatic rings. The van der Waals surface area contributed by atoms with Crippen molar-refractivity contribution in [3.8, 4) is 0 Å². The summed E-state index contributed by atoms with van der Waals surface area (Å²) in [5.74, 6) is 0.323. The first kappa shape index (κ1) is 15.8. The molecule has 2 atom stereocenters. The van der Waals surface area contributed by atoms with Crippen LogP contribution in [0.1, 0.15) is 58.8 Å². The van der Waals surface area contributed by atoms with Crippen LogP contribution in [0.2, 0.25) is 0 Å². The quantitative estimate of drug-likeness (QED) is 0.522. The van der Waals surface area contributed by atoms with Gasteiger partial charge in [0.15, 0.2) is 0 Å². The van der Waals surface area contributed by atoms with Crippen molar-refractivity contribution < 1.29 is 14.3 Å². The summed E-state index contributed by atoms with van der Waals surface area (Å²) in [6.45, 7) is 6.04. The van der Waals surface area contributed by atoms with Gasteiger partial charge in [0.2, 0.25) is 0 Å². The van der Waals surface area contributed by atoms with Gasteiger partial charge >= 0.3 is 5.97 Å². The van der Waals surface area contributed by atoms with Crippen molar-refractivity contribution in [3.05, 3.63) is 0 Å². The van der Waals surface area contributed by atoms with E-state index in [2.05, 4.69) is 12.2 Å². The highest BCUT2D eigenvalue weighted by Crippen LogP contribution is 2.41. The molecular weight excluding hydrogens is 254 g/mol. The van der Waals surface area contributed by atoms with Gasteiger partial charge in [-0.15, -0.1) is 0 Å². The van der Waals surface area contributed by atoms with Gasteiger partial charge in [-0.25, -0.2) is 0 Å². The fourth-order valence-corrected chi connectivity index (χ4v) is 3.31. The highest BCUT2D eigenvalue weighted by molar-refractivity contribution is 5.82. The van der Waals surface area contributed by atoms with Gasteiger partial charge in [0.05, 0.1) is 6.61 Å². The van der Waals surface area contributed by atoms with Crippen LogP contribution in [0, 0.1) is 5.92 Å². The number of ether oxygens (including phenoxy) is 2. The lowest BCUT2D eigenvalue weighted by atomic mass is 9.84. The number of carbonyl (C=O) groups excluding carboxylic acids is 1. The molecule has 2 rings (SSSR count). The van der Waals surface area contributed by atoms with E-state index in [-0.39, 0.29) is 5.97 Å². The van der Waals surface area contributed by atoms with Crippen LogP contribution in [-0.4, -0.2) is 37.4 Å². The lowest BCUT2D eigenvalue weighted by Gasteiger charge is -2.34. The monoisotopic (exact) mass is 283 g/mol. The fraction of sp³-hybridized carbons (Fsp3) is 0.938. The zero-order valence-electron chi connectivity index (χ0n) is 13.0. The first-order valence-corrected chi connectivity index (χ1v) is 8.25. The van der Waals surface area contributed by atoms with Crippen LogP contribution in [0.25, 0.3) is 0 Å². The normalized spacial score (nSPS) is 29.6. The zero-order chi connectivity index (χ0) is 14.4. The Labute approximate surface area is 122 Å². The van der Waals surface area contributed by atoms with Gasteiger partial charge in [-0.2, -0.15) is 0 Å². The van der Waals surface area contributed by atoms with E-state index >= 15 is 0 Å². The maximum absolute atomic E-state index is 12.5. The van der Waals surface area contributed by atoms with Crippen LogP contribution < -0.4 is 5.32 Å². The Morgan fingerprint density at radius 2 is 2.05 bits per heavy atom. The Bertz CT molecular complexity index is 317. The number of hydrogen-bond acceptors (Lipinski definition) is 4. The van der Waals surface area contributed by atoms with Crippen LogP contribution in [-0.2, 0) is 14.3 Å². The van der Waals surface area contributed by atoms with Crippen LogP contribution in [0.15, 0.2) is 0 Å². The number of carbonyl (C=O) groups is 1. The molecule has 0 radical (unpaired) electrons. The molecule has 0 saturated heterocycles. The molecule has 0 heterocycles. The van der Waals surface area contributed by atoms with E-state index in [1.54, 1.807) is 0 Å². The second kappa shape index (κ2) is 7.41. The van der Waals surface area contributed by atoms with Gasteiger partial charge in [-0.1, -0.05) is 13.3 Å². The van der Waals surface area contributed by atoms with Crippen molar-refractivity contribution >= 4 is 5.97 Å². The zero-order valence-corrected chi connectivity index (χ0v) is 13.0. The van der Waals surface area contributed by atoms with Crippen LogP contribution in [0.4, 0.5) is 0 Å². The van der Waals surface area contributed by atoms with E-state index < -0.39 is 5.54 Å². The minimum absolute atomic E-state index is 0.0371. The lowest BCUT2D eigenvalue weighted by molar-refractivity contribution is -0.153. The van der Waals surface area contributed by atoms with E-state index in [1.165, 1.54) is 12.8 Å². The summed E-state index contributed by atoms with van der Waals surface area (Å²) in [7, 11) is 0. The second-order valence-electron chi connectivity index (χ2n) is 6.10. The molecule has 0 bridgehead atoms. The summed E-state index contributed by atoms with van der Waals surface area (Å²) in [6.07, 6.45) is 7.53. The van der Waals surface area contributed by atoms with Gasteiger partial charge in [-0.05, 0) is 51.4 Å². The van der Waals surface area contributed by atoms with Gasteiger partial charge < -0.3 is 9.47 Å². The highest BCUT2D eigenvalue weighted by atomic mass is 16.5. The Morgan fingerprint density at radius 3 is 2.70 bits per heavy atom. The standard InChI is InChI=1S/C16H29NO3/c1-3-11-19-12-9-13-6-5-10-16(13,15(18)20-4-2)17-14-7-8-14/h13-14,17H,3-12H2,1-2H3. The summed E-state index contributed by atoms with van der Waals surface area (Å²) >= 11 is 0. The number of hydrogen-bond donors (Lipinski definition) is 1. The van der Waals surface area contributed by atoms with Gasteiger partial charge in [-0.3, -0.25) is 10.1 Å². The predicted molar refractivity (Wildman–Crippen MR) is 78.6 cm³/mol. The molecule has 0 aliphatic heterocycles. The third-order valence-electron chi connectivity index (χ3n) is 4.46. The van der Waals surface area contributed by atoms with E-state index in [9.17, 15) is 4.79 Å². The van der Waals surface area contributed by atoms with Crippen molar-refractivity contribution in [2.45, 2.75) is 70.4 Å². The molecule has 0 spiro atoms. The highest BCUT2D eigenvalue weighted by Gasteiger charge is 2.51. The van der Waals surface area contributed by atoms with Crippen molar-refractivity contribution in [1.82, 2.24) is 5.32 Å². The SMILES string of the molecule is CCCOCCC1CCCC1(NC1CC1)C(=O)OCC. The summed E-state index contributed by atoms with van der Waals surface area (Å²) < 4.78 is 11.0. The fourth-order valence-electron chi connectivity index (χ4n) is 3.31. The first-order valence-electron chi connectivity index (χ1n) is 8.25. The van der Waals surface area contributed by atoms with E-state index in [0.29, 0.717) is 18.6 Å². The number of nitrogens with one attached hydrogen (secondary N) is 1. The molecule has 4 heteroatoms. The largest absolute Gasteiger partial charge is 0.465 e. The third-order valence-corrected chi connectivity index (χ3v) is 4.46. The van der Waals surface area contributed by atoms with Crippen LogP contribution in [0.3, 0.4) is 0 Å². The number of esters is 1. The summed E-state index contributed by atoms with van der Waals surface area (Å²) in [6, 6.07) is 0.525. The molecule has 116 valence electrons. The minimum Gasteiger partial charge on any atom is -0.465 e. The van der Waals surface area contributed by atoms with Crippen molar-refractivity contribution in [3.63, 3.8) is 0 Å². The molecule has 2 unspecified atom stereocenters. The summed E-state index contributed by atoms with van der Waals surface area (Å²) in [4.78, 5) is 12.5. The first-order chi connectivity index (χ1) is 9.73. The summed E-state index contributed by atoms with van der Waals surface area (Å²) in [5.41, 5.74) is -0.438. The van der Waals surface area contributed by atoms with E-state index in [1.807, 2.05) is 6.92 Å². The van der Waals surface area contributed by atoms with Gasteiger partial charge in [0, 0.05) is 19.3 Å². The molecule has 0 aromatic heterocycles. The third kappa shape index (κ3) is 3.73. The maximum Gasteiger partial charge on any atom is 0.326 e. The molecule has 0 aromatic rings. The van der Waals surface area contributed by atoms with Gasteiger partial charge in [0.25, 0.3) is 0 Å². The Balaban J connectivity index is 1.96. The van der Waals surface area contributed by atoms with Crippen molar-refractivity contribution in [2.24, 2.45) is 5.92 Å². The molecule has 4 nitrogen and oxygen atoms in total. The Morgan fingerprint density at radius 1 is 1.25 bits per heavy atom. The molecule has 20 heavy (non-hydrogen) atoms. The smallest absolute Gasteiger partial charge is 0.326 e. The number of rotatable bonds is 9. The van der Waals surface area contributed by atoms with Gasteiger partial charge in [0.1, 0.15) is 5.54 Å². The second-order valence-corrected chi connectivity index (χ2v) is 6.10. The van der Waals surface area contributed by atoms with Crippen molar-refractivity contribution in [1.29, 1.82) is 0 Å². The Hall–Kier alpha value is -0.610. The molecule has 1 N–H and O–H groups in total. The maximum atomic E-state index is 12.5. The molecule has 2 aliphatic carbocycles. The van der Waals surface area contributed by atoms with E-state index in [4.69, 9.17) is 9.47 Å². The molecule has 2 saturated carbocycles. The average Bonchev–Trinajstić information content (AvgIpc) is 3.15. The molecule has 2 fully saturated rings. The lowest BCUT2D eigenvalue weighted by Crippen LogP contribution is -2.56. The minimum atomic E-state index is -0.438. The topological polar surface area (TPSA) is 47.6 Å².